The number of aromatic nitrogens is 3. The molecule has 5 heteroatoms. The predicted molar refractivity (Wildman–Crippen MR) is 58.9 cm³/mol. The molecule has 1 heterocycles. The molecule has 0 amide bonds. The van der Waals surface area contributed by atoms with Crippen molar-refractivity contribution in [3.05, 3.63) is 47.3 Å². The second-order valence-corrected chi connectivity index (χ2v) is 3.41. The number of hydrogen-bond acceptors (Lipinski definition) is 3. The van der Waals surface area contributed by atoms with E-state index in [1.54, 1.807) is 23.0 Å². The van der Waals surface area contributed by atoms with Crippen LogP contribution in [0, 0.1) is 19.7 Å². The second kappa shape index (κ2) is 4.22. The summed E-state index contributed by atoms with van der Waals surface area (Å²) in [6, 6.07) is 6.23. The largest absolute Gasteiger partial charge is 0.207 e. The summed E-state index contributed by atoms with van der Waals surface area (Å²) >= 11 is 0. The van der Waals surface area contributed by atoms with Gasteiger partial charge < -0.3 is 0 Å². The summed E-state index contributed by atoms with van der Waals surface area (Å²) in [7, 11) is 0. The molecular formula is C11H11FN4. The molecule has 0 bridgehead atoms. The van der Waals surface area contributed by atoms with Crippen LogP contribution in [0.3, 0.4) is 0 Å². The fourth-order valence-electron chi connectivity index (χ4n) is 1.34. The van der Waals surface area contributed by atoms with E-state index in [1.807, 2.05) is 13.8 Å². The highest BCUT2D eigenvalue weighted by Gasteiger charge is 2.01. The van der Waals surface area contributed by atoms with Crippen molar-refractivity contribution in [2.45, 2.75) is 13.8 Å². The normalized spacial score (nSPS) is 11.2. The van der Waals surface area contributed by atoms with Gasteiger partial charge in [-0.3, -0.25) is 0 Å². The molecule has 1 aromatic carbocycles. The summed E-state index contributed by atoms with van der Waals surface area (Å²) in [5, 5.41) is 11.9. The van der Waals surface area contributed by atoms with Gasteiger partial charge in [0.15, 0.2) is 11.6 Å². The Morgan fingerprint density at radius 2 is 1.94 bits per heavy atom. The SMILES string of the molecule is Cc1nnc(C)n1/N=C/c1cccc(F)c1. The molecular weight excluding hydrogens is 207 g/mol. The summed E-state index contributed by atoms with van der Waals surface area (Å²) in [5.74, 6) is 1.12. The Kier molecular flexibility index (Phi) is 2.76. The molecule has 0 aliphatic rings. The van der Waals surface area contributed by atoms with Gasteiger partial charge in [-0.15, -0.1) is 10.2 Å². The van der Waals surface area contributed by atoms with E-state index >= 15 is 0 Å². The van der Waals surface area contributed by atoms with Crippen LogP contribution < -0.4 is 0 Å². The molecule has 0 N–H and O–H groups in total. The van der Waals surface area contributed by atoms with E-state index in [2.05, 4.69) is 15.3 Å². The first-order valence-corrected chi connectivity index (χ1v) is 4.85. The van der Waals surface area contributed by atoms with Gasteiger partial charge in [0.1, 0.15) is 5.82 Å². The summed E-state index contributed by atoms with van der Waals surface area (Å²) < 4.78 is 14.5. The number of hydrogen-bond donors (Lipinski definition) is 0. The number of aryl methyl sites for hydroxylation is 2. The molecule has 1 aromatic heterocycles. The molecule has 0 unspecified atom stereocenters. The molecule has 0 atom stereocenters. The lowest BCUT2D eigenvalue weighted by atomic mass is 10.2. The number of nitrogens with zero attached hydrogens (tertiary/aromatic N) is 4. The monoisotopic (exact) mass is 218 g/mol. The molecule has 4 nitrogen and oxygen atoms in total. The Hall–Kier alpha value is -2.04. The third-order valence-electron chi connectivity index (χ3n) is 2.12. The Bertz CT molecular complexity index is 511. The van der Waals surface area contributed by atoms with Crippen LogP contribution in [-0.2, 0) is 0 Å². The molecule has 0 aliphatic heterocycles. The Labute approximate surface area is 92.4 Å². The number of rotatable bonds is 2. The van der Waals surface area contributed by atoms with E-state index in [0.29, 0.717) is 17.2 Å². The van der Waals surface area contributed by atoms with Crippen molar-refractivity contribution in [2.75, 3.05) is 0 Å². The van der Waals surface area contributed by atoms with Crippen LogP contribution in [0.4, 0.5) is 4.39 Å². The van der Waals surface area contributed by atoms with Gasteiger partial charge in [0.2, 0.25) is 0 Å². The Balaban J connectivity index is 2.28. The molecule has 0 spiro atoms. The highest BCUT2D eigenvalue weighted by Crippen LogP contribution is 2.02. The van der Waals surface area contributed by atoms with Crippen molar-refractivity contribution in [2.24, 2.45) is 5.10 Å². The van der Waals surface area contributed by atoms with Crippen molar-refractivity contribution >= 4 is 6.21 Å². The zero-order chi connectivity index (χ0) is 11.5. The Morgan fingerprint density at radius 3 is 2.56 bits per heavy atom. The third kappa shape index (κ3) is 2.13. The number of halogens is 1. The van der Waals surface area contributed by atoms with Crippen molar-refractivity contribution in [1.82, 2.24) is 14.9 Å². The van der Waals surface area contributed by atoms with Crippen molar-refractivity contribution in [3.63, 3.8) is 0 Å². The van der Waals surface area contributed by atoms with E-state index in [9.17, 15) is 4.39 Å². The highest BCUT2D eigenvalue weighted by molar-refractivity contribution is 5.79. The van der Waals surface area contributed by atoms with Crippen LogP contribution in [0.5, 0.6) is 0 Å². The minimum absolute atomic E-state index is 0.277. The van der Waals surface area contributed by atoms with Crippen molar-refractivity contribution in [3.8, 4) is 0 Å². The molecule has 0 aliphatic carbocycles. The van der Waals surface area contributed by atoms with Crippen LogP contribution in [0.2, 0.25) is 0 Å². The van der Waals surface area contributed by atoms with Crippen LogP contribution in [0.25, 0.3) is 0 Å². The highest BCUT2D eigenvalue weighted by atomic mass is 19.1. The fourth-order valence-corrected chi connectivity index (χ4v) is 1.34. The predicted octanol–water partition coefficient (Wildman–Crippen LogP) is 1.92. The van der Waals surface area contributed by atoms with Gasteiger partial charge in [-0.25, -0.2) is 9.07 Å². The molecule has 2 rings (SSSR count). The zero-order valence-corrected chi connectivity index (χ0v) is 9.05. The van der Waals surface area contributed by atoms with E-state index in [4.69, 9.17) is 0 Å². The first kappa shape index (κ1) is 10.5. The molecule has 16 heavy (non-hydrogen) atoms. The second-order valence-electron chi connectivity index (χ2n) is 3.41. The molecule has 0 radical (unpaired) electrons. The molecule has 0 saturated heterocycles. The molecule has 2 aromatic rings. The third-order valence-corrected chi connectivity index (χ3v) is 2.12. The van der Waals surface area contributed by atoms with E-state index in [0.717, 1.165) is 0 Å². The minimum Gasteiger partial charge on any atom is -0.207 e. The lowest BCUT2D eigenvalue weighted by Gasteiger charge is -1.97. The molecule has 0 saturated carbocycles. The average Bonchev–Trinajstić information content (AvgIpc) is 2.56. The lowest BCUT2D eigenvalue weighted by molar-refractivity contribution is 0.627. The summed E-state index contributed by atoms with van der Waals surface area (Å²) in [4.78, 5) is 0. The van der Waals surface area contributed by atoms with Crippen LogP contribution in [0.15, 0.2) is 29.4 Å². The van der Waals surface area contributed by atoms with Crippen LogP contribution in [0.1, 0.15) is 17.2 Å². The maximum atomic E-state index is 12.9. The summed E-state index contributed by atoms with van der Waals surface area (Å²) in [6.45, 7) is 3.62. The van der Waals surface area contributed by atoms with E-state index in [1.165, 1.54) is 12.1 Å². The van der Waals surface area contributed by atoms with Gasteiger partial charge in [-0.1, -0.05) is 12.1 Å². The van der Waals surface area contributed by atoms with E-state index < -0.39 is 0 Å². The maximum Gasteiger partial charge on any atom is 0.151 e. The first-order valence-electron chi connectivity index (χ1n) is 4.85. The Morgan fingerprint density at radius 1 is 1.25 bits per heavy atom. The topological polar surface area (TPSA) is 43.1 Å². The van der Waals surface area contributed by atoms with Gasteiger partial charge in [0, 0.05) is 0 Å². The van der Waals surface area contributed by atoms with Crippen LogP contribution >= 0.6 is 0 Å². The van der Waals surface area contributed by atoms with Crippen LogP contribution in [-0.4, -0.2) is 21.1 Å². The standard InChI is InChI=1S/C11H11FN4/c1-8-14-15-9(2)16(8)13-7-10-4-3-5-11(12)6-10/h3-7H,1-2H3/b13-7+. The van der Waals surface area contributed by atoms with Gasteiger partial charge in [-0.2, -0.15) is 5.10 Å². The van der Waals surface area contributed by atoms with Gasteiger partial charge in [0.05, 0.1) is 6.21 Å². The van der Waals surface area contributed by atoms with Gasteiger partial charge in [-0.05, 0) is 31.5 Å². The summed E-state index contributed by atoms with van der Waals surface area (Å²) in [5.41, 5.74) is 0.701. The maximum absolute atomic E-state index is 12.9. The van der Waals surface area contributed by atoms with E-state index in [-0.39, 0.29) is 5.82 Å². The smallest absolute Gasteiger partial charge is 0.151 e. The molecule has 0 fully saturated rings. The van der Waals surface area contributed by atoms with Gasteiger partial charge in [0.25, 0.3) is 0 Å². The molecule has 82 valence electrons. The van der Waals surface area contributed by atoms with Gasteiger partial charge >= 0.3 is 0 Å². The van der Waals surface area contributed by atoms with Crippen molar-refractivity contribution in [1.29, 1.82) is 0 Å². The summed E-state index contributed by atoms with van der Waals surface area (Å²) in [6.07, 6.45) is 1.58. The first-order chi connectivity index (χ1) is 7.66. The number of benzene rings is 1. The lowest BCUT2D eigenvalue weighted by Crippen LogP contribution is -1.96. The van der Waals surface area contributed by atoms with Crippen molar-refractivity contribution < 1.29 is 4.39 Å². The zero-order valence-electron chi connectivity index (χ0n) is 9.05. The average molecular weight is 218 g/mol. The fraction of sp³-hybridized carbons (Fsp3) is 0.182. The minimum atomic E-state index is -0.277. The quantitative estimate of drug-likeness (QED) is 0.723.